The molecule has 0 radical (unpaired) electrons. The predicted molar refractivity (Wildman–Crippen MR) is 106 cm³/mol. The van der Waals surface area contributed by atoms with E-state index in [0.717, 1.165) is 31.9 Å². The van der Waals surface area contributed by atoms with Crippen LogP contribution in [-0.2, 0) is 6.54 Å². The van der Waals surface area contributed by atoms with Gasteiger partial charge in [-0.25, -0.2) is 0 Å². The van der Waals surface area contributed by atoms with Crippen molar-refractivity contribution in [1.29, 1.82) is 0 Å². The van der Waals surface area contributed by atoms with E-state index in [0.29, 0.717) is 18.4 Å². The van der Waals surface area contributed by atoms with Crippen LogP contribution >= 0.6 is 0 Å². The molecule has 0 aliphatic carbocycles. The fourth-order valence-electron chi connectivity index (χ4n) is 4.77. The number of hydrogen-bond donors (Lipinski definition) is 1. The van der Waals surface area contributed by atoms with E-state index >= 15 is 0 Å². The molecule has 0 aromatic heterocycles. The van der Waals surface area contributed by atoms with Gasteiger partial charge in [-0.2, -0.15) is 0 Å². The van der Waals surface area contributed by atoms with Crippen LogP contribution in [0.25, 0.3) is 10.8 Å². The van der Waals surface area contributed by atoms with Gasteiger partial charge in [0.15, 0.2) is 0 Å². The van der Waals surface area contributed by atoms with E-state index in [1.807, 2.05) is 0 Å². The minimum atomic E-state index is 0.304. The highest BCUT2D eigenvalue weighted by Crippen LogP contribution is 2.31. The maximum atomic E-state index is 9.87. The first-order chi connectivity index (χ1) is 12.8. The van der Waals surface area contributed by atoms with Crippen LogP contribution in [0.15, 0.2) is 36.4 Å². The first-order valence-corrected chi connectivity index (χ1v) is 9.88. The van der Waals surface area contributed by atoms with Crippen LogP contribution in [0.4, 0.5) is 0 Å². The molecule has 0 unspecified atom stereocenters. The zero-order valence-electron chi connectivity index (χ0n) is 15.7. The molecular formula is C22H30N2O2. The van der Waals surface area contributed by atoms with Crippen molar-refractivity contribution in [3.63, 3.8) is 0 Å². The number of hydrogen-bond acceptors (Lipinski definition) is 4. The summed E-state index contributed by atoms with van der Waals surface area (Å²) >= 11 is 0. The van der Waals surface area contributed by atoms with Gasteiger partial charge in [0.25, 0.3) is 0 Å². The maximum Gasteiger partial charge on any atom is 0.126 e. The summed E-state index contributed by atoms with van der Waals surface area (Å²) in [6, 6.07) is 12.8. The van der Waals surface area contributed by atoms with Crippen LogP contribution in [0.1, 0.15) is 18.4 Å². The van der Waals surface area contributed by atoms with E-state index < -0.39 is 0 Å². The number of nitrogens with zero attached hydrogens (tertiary/aromatic N) is 2. The molecule has 1 N–H and O–H groups in total. The molecule has 0 amide bonds. The van der Waals surface area contributed by atoms with Gasteiger partial charge in [0, 0.05) is 38.2 Å². The van der Waals surface area contributed by atoms with Gasteiger partial charge in [0.2, 0.25) is 0 Å². The highest BCUT2D eigenvalue weighted by molar-refractivity contribution is 5.91. The molecule has 2 aliphatic heterocycles. The zero-order chi connectivity index (χ0) is 17.9. The monoisotopic (exact) mass is 354 g/mol. The maximum absolute atomic E-state index is 9.87. The molecule has 2 fully saturated rings. The van der Waals surface area contributed by atoms with Crippen molar-refractivity contribution in [3.05, 3.63) is 42.0 Å². The van der Waals surface area contributed by atoms with Crippen LogP contribution in [0.3, 0.4) is 0 Å². The third-order valence-corrected chi connectivity index (χ3v) is 6.17. The van der Waals surface area contributed by atoms with Gasteiger partial charge in [0.1, 0.15) is 5.75 Å². The van der Waals surface area contributed by atoms with E-state index in [1.54, 1.807) is 7.11 Å². The number of methoxy groups -OCH3 is 1. The van der Waals surface area contributed by atoms with Crippen molar-refractivity contribution in [1.82, 2.24) is 9.80 Å². The van der Waals surface area contributed by atoms with Gasteiger partial charge < -0.3 is 14.7 Å². The lowest BCUT2D eigenvalue weighted by Gasteiger charge is -2.23. The Morgan fingerprint density at radius 3 is 2.42 bits per heavy atom. The van der Waals surface area contributed by atoms with Gasteiger partial charge in [-0.1, -0.05) is 30.3 Å². The van der Waals surface area contributed by atoms with Gasteiger partial charge in [-0.05, 0) is 54.8 Å². The molecular weight excluding hydrogens is 324 g/mol. The van der Waals surface area contributed by atoms with Crippen LogP contribution in [0, 0.1) is 11.8 Å². The SMILES string of the molecule is COc1ccc(CN2C[C@@H](CN3CCCC3)[C@@H](CO)C2)c2ccccc12. The molecule has 2 aromatic rings. The second-order valence-corrected chi connectivity index (χ2v) is 7.88. The van der Waals surface area contributed by atoms with Crippen molar-refractivity contribution < 1.29 is 9.84 Å². The molecule has 0 spiro atoms. The van der Waals surface area contributed by atoms with Crippen LogP contribution in [0.5, 0.6) is 5.75 Å². The average molecular weight is 354 g/mol. The highest BCUT2D eigenvalue weighted by atomic mass is 16.5. The topological polar surface area (TPSA) is 35.9 Å². The molecule has 26 heavy (non-hydrogen) atoms. The highest BCUT2D eigenvalue weighted by Gasteiger charge is 2.34. The molecule has 4 rings (SSSR count). The number of rotatable bonds is 6. The number of fused-ring (bicyclic) bond motifs is 1. The summed E-state index contributed by atoms with van der Waals surface area (Å²) in [6.45, 7) is 6.94. The van der Waals surface area contributed by atoms with Gasteiger partial charge in [-0.15, -0.1) is 0 Å². The van der Waals surface area contributed by atoms with Gasteiger partial charge in [-0.3, -0.25) is 4.90 Å². The Balaban J connectivity index is 1.50. The zero-order valence-corrected chi connectivity index (χ0v) is 15.7. The second-order valence-electron chi connectivity index (χ2n) is 7.88. The Morgan fingerprint density at radius 1 is 0.962 bits per heavy atom. The quantitative estimate of drug-likeness (QED) is 0.865. The Kier molecular flexibility index (Phi) is 5.44. The van der Waals surface area contributed by atoms with Crippen LogP contribution < -0.4 is 4.74 Å². The number of benzene rings is 2. The lowest BCUT2D eigenvalue weighted by Crippen LogP contribution is -2.31. The minimum Gasteiger partial charge on any atom is -0.496 e. The lowest BCUT2D eigenvalue weighted by molar-refractivity contribution is 0.175. The minimum absolute atomic E-state index is 0.304. The number of ether oxygens (including phenoxy) is 1. The molecule has 140 valence electrons. The molecule has 4 heteroatoms. The van der Waals surface area contributed by atoms with E-state index in [2.05, 4.69) is 46.2 Å². The molecule has 2 heterocycles. The molecule has 2 atom stereocenters. The Bertz CT molecular complexity index is 742. The molecule has 2 aliphatic rings. The van der Waals surface area contributed by atoms with Crippen molar-refractivity contribution >= 4 is 10.8 Å². The first kappa shape index (κ1) is 17.8. The van der Waals surface area contributed by atoms with Crippen LogP contribution in [-0.4, -0.2) is 61.3 Å². The lowest BCUT2D eigenvalue weighted by atomic mass is 9.96. The van der Waals surface area contributed by atoms with Crippen LogP contribution in [0.2, 0.25) is 0 Å². The van der Waals surface area contributed by atoms with Gasteiger partial charge >= 0.3 is 0 Å². The second kappa shape index (κ2) is 7.95. The Labute approximate surface area is 156 Å². The standard InChI is InChI=1S/C22H30N2O2/c1-26-22-9-8-17(20-6-2-3-7-21(20)22)12-24-14-18(19(15-24)16-25)13-23-10-4-5-11-23/h2-3,6-9,18-19,25H,4-5,10-16H2,1H3/t18-,19-/m1/s1. The fraction of sp³-hybridized carbons (Fsp3) is 0.545. The summed E-state index contributed by atoms with van der Waals surface area (Å²) in [5.41, 5.74) is 1.35. The predicted octanol–water partition coefficient (Wildman–Crippen LogP) is 2.98. The molecule has 4 nitrogen and oxygen atoms in total. The third-order valence-electron chi connectivity index (χ3n) is 6.17. The first-order valence-electron chi connectivity index (χ1n) is 9.88. The summed E-state index contributed by atoms with van der Waals surface area (Å²) in [6.07, 6.45) is 2.66. The summed E-state index contributed by atoms with van der Waals surface area (Å²) in [7, 11) is 1.73. The van der Waals surface area contributed by atoms with Crippen molar-refractivity contribution in [2.75, 3.05) is 46.4 Å². The summed E-state index contributed by atoms with van der Waals surface area (Å²) in [4.78, 5) is 5.11. The van der Waals surface area contributed by atoms with E-state index in [4.69, 9.17) is 4.74 Å². The van der Waals surface area contributed by atoms with Crippen molar-refractivity contribution in [2.45, 2.75) is 19.4 Å². The fourth-order valence-corrected chi connectivity index (χ4v) is 4.77. The molecule has 0 saturated carbocycles. The molecule has 2 aromatic carbocycles. The number of aliphatic hydroxyl groups excluding tert-OH is 1. The van der Waals surface area contributed by atoms with E-state index in [-0.39, 0.29) is 0 Å². The Morgan fingerprint density at radius 2 is 1.69 bits per heavy atom. The summed E-state index contributed by atoms with van der Waals surface area (Å²) in [5.74, 6) is 1.92. The largest absolute Gasteiger partial charge is 0.496 e. The smallest absolute Gasteiger partial charge is 0.126 e. The van der Waals surface area contributed by atoms with Crippen molar-refractivity contribution in [2.24, 2.45) is 11.8 Å². The third kappa shape index (κ3) is 3.59. The van der Waals surface area contributed by atoms with Crippen molar-refractivity contribution in [3.8, 4) is 5.75 Å². The number of aliphatic hydroxyl groups is 1. The van der Waals surface area contributed by atoms with Gasteiger partial charge in [0.05, 0.1) is 7.11 Å². The van der Waals surface area contributed by atoms with E-state index in [9.17, 15) is 5.11 Å². The molecule has 0 bridgehead atoms. The molecule has 2 saturated heterocycles. The normalized spacial score (nSPS) is 24.5. The summed E-state index contributed by atoms with van der Waals surface area (Å²) in [5, 5.41) is 12.3. The average Bonchev–Trinajstić information content (AvgIpc) is 3.32. The van der Waals surface area contributed by atoms with E-state index in [1.165, 1.54) is 42.3 Å². The summed E-state index contributed by atoms with van der Waals surface area (Å²) < 4.78 is 5.53. The number of likely N-dealkylation sites (tertiary alicyclic amines) is 2. The Hall–Kier alpha value is -1.62.